The van der Waals surface area contributed by atoms with E-state index in [1.807, 2.05) is 0 Å². The van der Waals surface area contributed by atoms with Gasteiger partial charge in [0.2, 0.25) is 5.88 Å². The zero-order valence-corrected chi connectivity index (χ0v) is 20.0. The lowest BCUT2D eigenvalue weighted by Crippen LogP contribution is -2.30. The number of rotatable bonds is 7. The van der Waals surface area contributed by atoms with Crippen LogP contribution in [0.3, 0.4) is 0 Å². The second-order valence-electron chi connectivity index (χ2n) is 9.77. The lowest BCUT2D eigenvalue weighted by molar-refractivity contribution is 0.208. The molecule has 2 aromatic carbocycles. The predicted molar refractivity (Wildman–Crippen MR) is 138 cm³/mol. The molecule has 2 aliphatic rings. The first-order chi connectivity index (χ1) is 16.8. The zero-order valence-electron chi connectivity index (χ0n) is 20.0. The average Bonchev–Trinajstić information content (AvgIpc) is 2.93. The molecule has 5 rings (SSSR count). The van der Waals surface area contributed by atoms with Crippen LogP contribution in [-0.2, 0) is 6.54 Å². The van der Waals surface area contributed by atoms with Crippen molar-refractivity contribution in [1.82, 2.24) is 15.3 Å². The Balaban J connectivity index is 1.43. The standard InChI is InChI=1S/C29H36N4O/c30-18-21-6-8-25(9-7-21)28-29(26-12-10-24(11-13-26)23-4-2-1-3-5-23)33-27(19-32-28)34-20-22-14-16-31-17-15-22/h6-13,19,22-23,31H,1-5,14-18,20,30H2. The van der Waals surface area contributed by atoms with Crippen LogP contribution in [0.2, 0.25) is 0 Å². The second kappa shape index (κ2) is 11.1. The van der Waals surface area contributed by atoms with Gasteiger partial charge in [-0.1, -0.05) is 67.8 Å². The van der Waals surface area contributed by atoms with Gasteiger partial charge >= 0.3 is 0 Å². The fourth-order valence-corrected chi connectivity index (χ4v) is 5.25. The zero-order chi connectivity index (χ0) is 23.2. The fraction of sp³-hybridized carbons (Fsp3) is 0.448. The van der Waals surface area contributed by atoms with Crippen molar-refractivity contribution < 1.29 is 4.74 Å². The number of nitrogens with one attached hydrogen (secondary N) is 1. The molecule has 0 atom stereocenters. The van der Waals surface area contributed by atoms with E-state index in [1.165, 1.54) is 37.7 Å². The topological polar surface area (TPSA) is 73.1 Å². The molecule has 34 heavy (non-hydrogen) atoms. The van der Waals surface area contributed by atoms with E-state index in [4.69, 9.17) is 20.4 Å². The van der Waals surface area contributed by atoms with Crippen LogP contribution in [0.25, 0.3) is 22.5 Å². The number of nitrogens with two attached hydrogens (primary N) is 1. The van der Waals surface area contributed by atoms with Crippen molar-refractivity contribution in [3.63, 3.8) is 0 Å². The van der Waals surface area contributed by atoms with E-state index >= 15 is 0 Å². The molecule has 3 N–H and O–H groups in total. The summed E-state index contributed by atoms with van der Waals surface area (Å²) in [7, 11) is 0. The molecule has 0 unspecified atom stereocenters. The van der Waals surface area contributed by atoms with Gasteiger partial charge in [-0.25, -0.2) is 9.97 Å². The summed E-state index contributed by atoms with van der Waals surface area (Å²) in [6.07, 6.45) is 10.7. The van der Waals surface area contributed by atoms with Crippen molar-refractivity contribution in [2.45, 2.75) is 57.4 Å². The van der Waals surface area contributed by atoms with Crippen LogP contribution < -0.4 is 15.8 Å². The van der Waals surface area contributed by atoms with Gasteiger partial charge in [0.05, 0.1) is 18.5 Å². The van der Waals surface area contributed by atoms with E-state index in [9.17, 15) is 0 Å². The van der Waals surface area contributed by atoms with E-state index < -0.39 is 0 Å². The number of nitrogens with zero attached hydrogens (tertiary/aromatic N) is 2. The first-order valence-electron chi connectivity index (χ1n) is 12.9. The predicted octanol–water partition coefficient (Wildman–Crippen LogP) is 5.70. The Morgan fingerprint density at radius 3 is 2.21 bits per heavy atom. The van der Waals surface area contributed by atoms with Crippen LogP contribution >= 0.6 is 0 Å². The largest absolute Gasteiger partial charge is 0.476 e. The molecular formula is C29H36N4O. The number of piperidine rings is 1. The van der Waals surface area contributed by atoms with Gasteiger partial charge < -0.3 is 15.8 Å². The van der Waals surface area contributed by atoms with Crippen molar-refractivity contribution in [3.05, 3.63) is 65.9 Å². The normalized spacial score (nSPS) is 17.6. The quantitative estimate of drug-likeness (QED) is 0.477. The molecule has 0 spiro atoms. The van der Waals surface area contributed by atoms with Gasteiger partial charge in [-0.15, -0.1) is 0 Å². The molecule has 178 valence electrons. The molecule has 0 bridgehead atoms. The van der Waals surface area contributed by atoms with Gasteiger partial charge in [0.25, 0.3) is 0 Å². The third kappa shape index (κ3) is 5.48. The lowest BCUT2D eigenvalue weighted by atomic mass is 9.84. The smallest absolute Gasteiger partial charge is 0.232 e. The molecule has 0 radical (unpaired) electrons. The van der Waals surface area contributed by atoms with Crippen LogP contribution in [0, 0.1) is 5.92 Å². The van der Waals surface area contributed by atoms with Crippen LogP contribution in [0.15, 0.2) is 54.7 Å². The van der Waals surface area contributed by atoms with Crippen molar-refractivity contribution in [3.8, 4) is 28.4 Å². The molecule has 5 heteroatoms. The van der Waals surface area contributed by atoms with Gasteiger partial charge in [-0.05, 0) is 61.7 Å². The average molecular weight is 457 g/mol. The van der Waals surface area contributed by atoms with Gasteiger partial charge in [-0.3, -0.25) is 0 Å². The highest BCUT2D eigenvalue weighted by Crippen LogP contribution is 2.35. The molecule has 2 fully saturated rings. The summed E-state index contributed by atoms with van der Waals surface area (Å²) in [5.41, 5.74) is 12.2. The van der Waals surface area contributed by atoms with Crippen LogP contribution in [0.4, 0.5) is 0 Å². The highest BCUT2D eigenvalue weighted by atomic mass is 16.5. The van der Waals surface area contributed by atoms with Crippen molar-refractivity contribution in [1.29, 1.82) is 0 Å². The van der Waals surface area contributed by atoms with Crippen molar-refractivity contribution >= 4 is 0 Å². The maximum atomic E-state index is 6.14. The van der Waals surface area contributed by atoms with Gasteiger partial charge in [-0.2, -0.15) is 0 Å². The molecule has 5 nitrogen and oxygen atoms in total. The maximum Gasteiger partial charge on any atom is 0.232 e. The Morgan fingerprint density at radius 2 is 1.50 bits per heavy atom. The molecule has 3 aromatic rings. The van der Waals surface area contributed by atoms with Gasteiger partial charge in [0.1, 0.15) is 5.69 Å². The highest BCUT2D eigenvalue weighted by molar-refractivity contribution is 5.78. The summed E-state index contributed by atoms with van der Waals surface area (Å²) in [6, 6.07) is 17.3. The van der Waals surface area contributed by atoms with Gasteiger partial charge in [0, 0.05) is 17.7 Å². The van der Waals surface area contributed by atoms with Crippen LogP contribution in [0.5, 0.6) is 5.88 Å². The second-order valence-corrected chi connectivity index (χ2v) is 9.77. The van der Waals surface area contributed by atoms with E-state index in [1.54, 1.807) is 6.20 Å². The molecule has 1 aliphatic carbocycles. The van der Waals surface area contributed by atoms with E-state index in [0.717, 1.165) is 54.0 Å². The Labute approximate surface area is 203 Å². The summed E-state index contributed by atoms with van der Waals surface area (Å²) in [4.78, 5) is 9.79. The first-order valence-corrected chi connectivity index (χ1v) is 12.9. The minimum atomic E-state index is 0.533. The summed E-state index contributed by atoms with van der Waals surface area (Å²) >= 11 is 0. The Morgan fingerprint density at radius 1 is 0.824 bits per heavy atom. The number of hydrogen-bond acceptors (Lipinski definition) is 5. The van der Waals surface area contributed by atoms with Gasteiger partial charge in [0.15, 0.2) is 0 Å². The Hall–Kier alpha value is -2.76. The van der Waals surface area contributed by atoms with E-state index in [0.29, 0.717) is 30.9 Å². The minimum Gasteiger partial charge on any atom is -0.476 e. The fourth-order valence-electron chi connectivity index (χ4n) is 5.25. The van der Waals surface area contributed by atoms with Crippen molar-refractivity contribution in [2.24, 2.45) is 11.7 Å². The molecule has 1 saturated carbocycles. The molecule has 1 aliphatic heterocycles. The van der Waals surface area contributed by atoms with Crippen LogP contribution in [0.1, 0.15) is 62.0 Å². The van der Waals surface area contributed by atoms with Crippen LogP contribution in [-0.4, -0.2) is 29.7 Å². The highest BCUT2D eigenvalue weighted by Gasteiger charge is 2.18. The number of benzene rings is 2. The van der Waals surface area contributed by atoms with E-state index in [2.05, 4.69) is 53.8 Å². The first kappa shape index (κ1) is 23.0. The SMILES string of the molecule is NCc1ccc(-c2ncc(OCC3CCNCC3)nc2-c2ccc(C3CCCCC3)cc2)cc1. The molecule has 0 amide bonds. The third-order valence-corrected chi connectivity index (χ3v) is 7.40. The minimum absolute atomic E-state index is 0.533. The molecule has 2 heterocycles. The monoisotopic (exact) mass is 456 g/mol. The summed E-state index contributed by atoms with van der Waals surface area (Å²) in [5.74, 6) is 1.87. The lowest BCUT2D eigenvalue weighted by Gasteiger charge is -2.23. The Bertz CT molecular complexity index is 1050. The Kier molecular flexibility index (Phi) is 7.52. The summed E-state index contributed by atoms with van der Waals surface area (Å²) in [6.45, 7) is 3.36. The van der Waals surface area contributed by atoms with Crippen molar-refractivity contribution in [2.75, 3.05) is 19.7 Å². The number of aromatic nitrogens is 2. The number of hydrogen-bond donors (Lipinski definition) is 2. The van der Waals surface area contributed by atoms with E-state index in [-0.39, 0.29) is 0 Å². The number of ether oxygens (including phenoxy) is 1. The molecular weight excluding hydrogens is 420 g/mol. The molecule has 1 saturated heterocycles. The third-order valence-electron chi connectivity index (χ3n) is 7.40. The maximum absolute atomic E-state index is 6.14. The summed E-state index contributed by atoms with van der Waals surface area (Å²) < 4.78 is 6.14. The molecule has 1 aromatic heterocycles. The summed E-state index contributed by atoms with van der Waals surface area (Å²) in [5, 5.41) is 3.41.